The molecule has 4 rings (SSSR count). The van der Waals surface area contributed by atoms with Crippen molar-refractivity contribution in [1.29, 1.82) is 0 Å². The first-order chi connectivity index (χ1) is 17.7. The van der Waals surface area contributed by atoms with Crippen LogP contribution in [0.25, 0.3) is 0 Å². The minimum absolute atomic E-state index is 0.205. The molecule has 37 heavy (non-hydrogen) atoms. The number of nitrogens with zero attached hydrogens (tertiary/aromatic N) is 4. The van der Waals surface area contributed by atoms with Gasteiger partial charge in [0.05, 0.1) is 12.2 Å². The number of hydrogen-bond donors (Lipinski definition) is 1. The molecule has 1 N–H and O–H groups in total. The van der Waals surface area contributed by atoms with Gasteiger partial charge >= 0.3 is 6.09 Å². The Bertz CT molecular complexity index is 1220. The number of benzene rings is 1. The molecule has 2 aromatic heterocycles. The molecular formula is C29H35N5O3. The highest BCUT2D eigenvalue weighted by Gasteiger charge is 2.29. The quantitative estimate of drug-likeness (QED) is 0.452. The van der Waals surface area contributed by atoms with E-state index in [0.29, 0.717) is 23.4 Å². The van der Waals surface area contributed by atoms with E-state index in [-0.39, 0.29) is 12.5 Å². The lowest BCUT2D eigenvalue weighted by Crippen LogP contribution is -2.46. The topological polar surface area (TPSA) is 87.7 Å². The van der Waals surface area contributed by atoms with Crippen LogP contribution in [0.1, 0.15) is 55.4 Å². The first-order valence-electron chi connectivity index (χ1n) is 12.7. The number of pyridine rings is 2. The molecule has 2 amide bonds. The van der Waals surface area contributed by atoms with Crippen molar-refractivity contribution in [2.24, 2.45) is 0 Å². The summed E-state index contributed by atoms with van der Waals surface area (Å²) in [6, 6.07) is 16.6. The van der Waals surface area contributed by atoms with Gasteiger partial charge in [0.2, 0.25) is 0 Å². The summed E-state index contributed by atoms with van der Waals surface area (Å²) in [7, 11) is 0. The van der Waals surface area contributed by atoms with Crippen molar-refractivity contribution in [2.75, 3.05) is 34.8 Å². The normalized spacial score (nSPS) is 13.4. The van der Waals surface area contributed by atoms with Gasteiger partial charge in [-0.25, -0.2) is 9.78 Å². The summed E-state index contributed by atoms with van der Waals surface area (Å²) < 4.78 is 5.58. The number of amides is 2. The molecule has 0 aliphatic carbocycles. The summed E-state index contributed by atoms with van der Waals surface area (Å²) in [5, 5.41) is 2.98. The van der Waals surface area contributed by atoms with Gasteiger partial charge in [0.25, 0.3) is 5.91 Å². The van der Waals surface area contributed by atoms with Crippen molar-refractivity contribution in [2.45, 2.75) is 52.5 Å². The van der Waals surface area contributed by atoms with Crippen LogP contribution >= 0.6 is 0 Å². The van der Waals surface area contributed by atoms with Crippen molar-refractivity contribution in [1.82, 2.24) is 9.97 Å². The lowest BCUT2D eigenvalue weighted by molar-refractivity contribution is 0.102. The summed E-state index contributed by atoms with van der Waals surface area (Å²) in [6.45, 7) is 9.84. The molecule has 8 heteroatoms. The van der Waals surface area contributed by atoms with E-state index >= 15 is 0 Å². The van der Waals surface area contributed by atoms with E-state index in [1.54, 1.807) is 23.2 Å². The Morgan fingerprint density at radius 1 is 1.03 bits per heavy atom. The average molecular weight is 502 g/mol. The first kappa shape index (κ1) is 26.1. The number of aryl methyl sites for hydroxylation is 1. The molecule has 1 aliphatic rings. The van der Waals surface area contributed by atoms with Crippen LogP contribution in [0.3, 0.4) is 0 Å². The highest BCUT2D eigenvalue weighted by atomic mass is 16.6. The molecule has 1 aromatic carbocycles. The minimum atomic E-state index is -0.509. The van der Waals surface area contributed by atoms with Gasteiger partial charge in [-0.1, -0.05) is 6.07 Å². The fourth-order valence-corrected chi connectivity index (χ4v) is 4.40. The van der Waals surface area contributed by atoms with Crippen LogP contribution in [-0.2, 0) is 11.2 Å². The van der Waals surface area contributed by atoms with Crippen molar-refractivity contribution >= 4 is 29.2 Å². The largest absolute Gasteiger partial charge is 0.449 e. The van der Waals surface area contributed by atoms with E-state index in [9.17, 15) is 9.59 Å². The summed E-state index contributed by atoms with van der Waals surface area (Å²) in [5.74, 6) is 0.530. The Kier molecular flexibility index (Phi) is 8.06. The second kappa shape index (κ2) is 11.4. The molecule has 0 unspecified atom stereocenters. The molecule has 8 nitrogen and oxygen atoms in total. The van der Waals surface area contributed by atoms with E-state index < -0.39 is 11.6 Å². The van der Waals surface area contributed by atoms with Crippen LogP contribution in [-0.4, -0.2) is 47.2 Å². The number of nitrogens with one attached hydrogen (secondary N) is 1. The van der Waals surface area contributed by atoms with Gasteiger partial charge in [0, 0.05) is 54.0 Å². The Balaban J connectivity index is 1.44. The molecule has 1 saturated heterocycles. The smallest absolute Gasteiger partial charge is 0.414 e. The highest BCUT2D eigenvalue weighted by Crippen LogP contribution is 2.28. The SMILES string of the molecule is Cc1ccc(C(=O)Nc2ccc(N(C(=O)OCCc3ccccn3)C(C)(C)C)cc2)c(N2CCCC2)n1. The predicted octanol–water partition coefficient (Wildman–Crippen LogP) is 5.62. The second-order valence-corrected chi connectivity index (χ2v) is 10.2. The van der Waals surface area contributed by atoms with Gasteiger partial charge in [0.15, 0.2) is 0 Å². The van der Waals surface area contributed by atoms with Gasteiger partial charge in [-0.2, -0.15) is 0 Å². The molecule has 0 atom stereocenters. The minimum Gasteiger partial charge on any atom is -0.449 e. The molecule has 0 saturated carbocycles. The Labute approximate surface area is 218 Å². The van der Waals surface area contributed by atoms with Gasteiger partial charge in [-0.15, -0.1) is 0 Å². The van der Waals surface area contributed by atoms with Crippen LogP contribution in [0, 0.1) is 6.92 Å². The lowest BCUT2D eigenvalue weighted by Gasteiger charge is -2.34. The number of carbonyl (C=O) groups is 2. The summed E-state index contributed by atoms with van der Waals surface area (Å²) in [6.07, 6.45) is 4.05. The zero-order valence-corrected chi connectivity index (χ0v) is 22.0. The monoisotopic (exact) mass is 501 g/mol. The van der Waals surface area contributed by atoms with Gasteiger partial charge < -0.3 is 15.0 Å². The standard InChI is InChI=1S/C29H35N5O3/c1-21-10-15-25(26(31-21)33-18-7-8-19-33)27(35)32-23-11-13-24(14-12-23)34(29(2,3)4)28(36)37-20-16-22-9-5-6-17-30-22/h5-6,9-15,17H,7-8,16,18-20H2,1-4H3,(H,32,35). The Hall–Kier alpha value is -3.94. The number of carbonyl (C=O) groups excluding carboxylic acids is 2. The van der Waals surface area contributed by atoms with Gasteiger partial charge in [0.1, 0.15) is 5.82 Å². The maximum absolute atomic E-state index is 13.2. The molecule has 3 aromatic rings. The molecule has 3 heterocycles. The molecule has 0 spiro atoms. The summed E-state index contributed by atoms with van der Waals surface area (Å²) in [4.78, 5) is 38.9. The third-order valence-electron chi connectivity index (χ3n) is 6.21. The van der Waals surface area contributed by atoms with E-state index in [4.69, 9.17) is 4.74 Å². The summed E-state index contributed by atoms with van der Waals surface area (Å²) in [5.41, 5.74) is 3.13. The van der Waals surface area contributed by atoms with Gasteiger partial charge in [-0.05, 0) is 89.1 Å². The van der Waals surface area contributed by atoms with Crippen molar-refractivity contribution in [3.63, 3.8) is 0 Å². The Morgan fingerprint density at radius 3 is 2.41 bits per heavy atom. The van der Waals surface area contributed by atoms with Crippen molar-refractivity contribution in [3.05, 3.63) is 77.7 Å². The van der Waals surface area contributed by atoms with Crippen LogP contribution in [0.2, 0.25) is 0 Å². The summed E-state index contributed by atoms with van der Waals surface area (Å²) >= 11 is 0. The number of rotatable bonds is 7. The fraction of sp³-hybridized carbons (Fsp3) is 0.379. The van der Waals surface area contributed by atoms with Crippen molar-refractivity contribution < 1.29 is 14.3 Å². The Morgan fingerprint density at radius 2 is 1.76 bits per heavy atom. The van der Waals surface area contributed by atoms with E-state index in [2.05, 4.69) is 20.2 Å². The van der Waals surface area contributed by atoms with Crippen LogP contribution in [0.4, 0.5) is 22.0 Å². The number of aromatic nitrogens is 2. The predicted molar refractivity (Wildman–Crippen MR) is 146 cm³/mol. The molecule has 1 fully saturated rings. The first-order valence-corrected chi connectivity index (χ1v) is 12.7. The second-order valence-electron chi connectivity index (χ2n) is 10.2. The molecular weight excluding hydrogens is 466 g/mol. The van der Waals surface area contributed by atoms with E-state index in [0.717, 1.165) is 43.1 Å². The maximum atomic E-state index is 13.2. The zero-order valence-electron chi connectivity index (χ0n) is 22.0. The molecule has 0 radical (unpaired) electrons. The highest BCUT2D eigenvalue weighted by molar-refractivity contribution is 6.07. The van der Waals surface area contributed by atoms with Crippen LogP contribution in [0.5, 0.6) is 0 Å². The molecule has 1 aliphatic heterocycles. The maximum Gasteiger partial charge on any atom is 0.414 e. The van der Waals surface area contributed by atoms with Crippen LogP contribution < -0.4 is 15.1 Å². The van der Waals surface area contributed by atoms with E-state index in [1.165, 1.54) is 0 Å². The van der Waals surface area contributed by atoms with Gasteiger partial charge in [-0.3, -0.25) is 14.7 Å². The van der Waals surface area contributed by atoms with E-state index in [1.807, 2.05) is 70.2 Å². The molecule has 0 bridgehead atoms. The zero-order chi connectivity index (χ0) is 26.4. The average Bonchev–Trinajstić information content (AvgIpc) is 3.40. The fourth-order valence-electron chi connectivity index (χ4n) is 4.40. The number of hydrogen-bond acceptors (Lipinski definition) is 6. The van der Waals surface area contributed by atoms with Crippen molar-refractivity contribution in [3.8, 4) is 0 Å². The third kappa shape index (κ3) is 6.64. The van der Waals surface area contributed by atoms with Crippen LogP contribution in [0.15, 0.2) is 60.8 Å². The lowest BCUT2D eigenvalue weighted by atomic mass is 10.1. The number of anilines is 3. The molecule has 194 valence electrons. The number of ether oxygens (including phenoxy) is 1. The third-order valence-corrected chi connectivity index (χ3v) is 6.21.